The van der Waals surface area contributed by atoms with Crippen LogP contribution in [0.25, 0.3) is 0 Å². The Bertz CT molecular complexity index is 609. The Kier molecular flexibility index (Phi) is 5.43. The molecule has 0 aliphatic heterocycles. The van der Waals surface area contributed by atoms with E-state index >= 15 is 0 Å². The third kappa shape index (κ3) is 3.30. The van der Waals surface area contributed by atoms with Crippen molar-refractivity contribution in [3.8, 4) is 0 Å². The molecule has 0 saturated carbocycles. The second kappa shape index (κ2) is 6.43. The maximum atomic E-state index is 12.4. The molecule has 2 rings (SSSR count). The number of sulfone groups is 1. The highest BCUT2D eigenvalue weighted by molar-refractivity contribution is 7.91. The summed E-state index contributed by atoms with van der Waals surface area (Å²) in [6, 6.07) is 9.22. The van der Waals surface area contributed by atoms with E-state index < -0.39 is 15.1 Å². The summed E-state index contributed by atoms with van der Waals surface area (Å²) in [6.07, 6.45) is 1.43. The van der Waals surface area contributed by atoms with E-state index in [2.05, 4.69) is 0 Å². The number of halogens is 2. The van der Waals surface area contributed by atoms with Crippen molar-refractivity contribution in [2.75, 3.05) is 6.54 Å². The minimum Gasteiger partial charge on any atom is -0.468 e. The summed E-state index contributed by atoms with van der Waals surface area (Å²) < 4.78 is 29.9. The highest BCUT2D eigenvalue weighted by atomic mass is 35.5. The molecule has 1 aromatic carbocycles. The maximum Gasteiger partial charge on any atom is 0.189 e. The van der Waals surface area contributed by atoms with Crippen LogP contribution < -0.4 is 5.73 Å². The van der Waals surface area contributed by atoms with Gasteiger partial charge in [-0.25, -0.2) is 8.42 Å². The lowest BCUT2D eigenvalue weighted by Crippen LogP contribution is -2.21. The molecular formula is C12H13Cl2NO3S. The number of hydrogen-bond acceptors (Lipinski definition) is 4. The van der Waals surface area contributed by atoms with Crippen LogP contribution >= 0.6 is 24.0 Å². The van der Waals surface area contributed by atoms with Crippen LogP contribution in [0.3, 0.4) is 0 Å². The third-order valence-corrected chi connectivity index (χ3v) is 4.95. The van der Waals surface area contributed by atoms with Gasteiger partial charge in [-0.1, -0.05) is 11.6 Å². The van der Waals surface area contributed by atoms with E-state index in [0.717, 1.165) is 0 Å². The first-order chi connectivity index (χ1) is 8.55. The molecule has 1 aromatic heterocycles. The lowest BCUT2D eigenvalue weighted by molar-refractivity contribution is 0.492. The van der Waals surface area contributed by atoms with Crippen molar-refractivity contribution in [2.24, 2.45) is 5.73 Å². The summed E-state index contributed by atoms with van der Waals surface area (Å²) in [5.41, 5.74) is 5.55. The van der Waals surface area contributed by atoms with Crippen LogP contribution in [-0.2, 0) is 9.84 Å². The minimum absolute atomic E-state index is 0. The van der Waals surface area contributed by atoms with Crippen molar-refractivity contribution < 1.29 is 12.8 Å². The molecule has 2 aromatic rings. The van der Waals surface area contributed by atoms with Crippen molar-refractivity contribution in [1.29, 1.82) is 0 Å². The summed E-state index contributed by atoms with van der Waals surface area (Å²) in [7, 11) is -3.57. The average Bonchev–Trinajstić information content (AvgIpc) is 2.84. The molecule has 19 heavy (non-hydrogen) atoms. The normalized spacial score (nSPS) is 12.7. The van der Waals surface area contributed by atoms with E-state index in [1.54, 1.807) is 12.1 Å². The Morgan fingerprint density at radius 1 is 1.21 bits per heavy atom. The zero-order valence-corrected chi connectivity index (χ0v) is 12.2. The van der Waals surface area contributed by atoms with E-state index in [1.165, 1.54) is 30.5 Å². The second-order valence-corrected chi connectivity index (χ2v) is 6.31. The van der Waals surface area contributed by atoms with E-state index in [9.17, 15) is 8.42 Å². The molecule has 4 nitrogen and oxygen atoms in total. The Morgan fingerprint density at radius 3 is 2.32 bits per heavy atom. The fourth-order valence-electron chi connectivity index (χ4n) is 1.66. The summed E-state index contributed by atoms with van der Waals surface area (Å²) in [4.78, 5) is 0.179. The minimum atomic E-state index is -3.57. The first-order valence-electron chi connectivity index (χ1n) is 5.28. The smallest absolute Gasteiger partial charge is 0.189 e. The molecule has 0 aliphatic carbocycles. The molecule has 0 aliphatic rings. The SMILES string of the molecule is Cl.NCC(c1ccco1)S(=O)(=O)c1ccc(Cl)cc1. The fraction of sp³-hybridized carbons (Fsp3) is 0.167. The van der Waals surface area contributed by atoms with Crippen molar-refractivity contribution in [3.05, 3.63) is 53.4 Å². The van der Waals surface area contributed by atoms with Gasteiger partial charge in [0.15, 0.2) is 9.84 Å². The van der Waals surface area contributed by atoms with Crippen LogP contribution in [0.2, 0.25) is 5.02 Å². The average molecular weight is 322 g/mol. The van der Waals surface area contributed by atoms with E-state index in [-0.39, 0.29) is 23.8 Å². The van der Waals surface area contributed by atoms with Crippen LogP contribution in [0.5, 0.6) is 0 Å². The van der Waals surface area contributed by atoms with Crippen molar-refractivity contribution >= 4 is 33.8 Å². The molecule has 0 saturated heterocycles. The van der Waals surface area contributed by atoms with Gasteiger partial charge in [-0.2, -0.15) is 0 Å². The molecule has 1 heterocycles. The van der Waals surface area contributed by atoms with Gasteiger partial charge in [0.2, 0.25) is 0 Å². The van der Waals surface area contributed by atoms with Crippen LogP contribution in [0, 0.1) is 0 Å². The van der Waals surface area contributed by atoms with Crippen molar-refractivity contribution in [2.45, 2.75) is 10.1 Å². The molecule has 7 heteroatoms. The van der Waals surface area contributed by atoms with Crippen LogP contribution in [0.4, 0.5) is 0 Å². The Morgan fingerprint density at radius 2 is 1.84 bits per heavy atom. The van der Waals surface area contributed by atoms with E-state index in [1.807, 2.05) is 0 Å². The van der Waals surface area contributed by atoms with E-state index in [0.29, 0.717) is 10.8 Å². The predicted octanol–water partition coefficient (Wildman–Crippen LogP) is 2.83. The fourth-order valence-corrected chi connectivity index (χ4v) is 3.32. The number of benzene rings is 1. The summed E-state index contributed by atoms with van der Waals surface area (Å²) in [6.45, 7) is -0.0432. The standard InChI is InChI=1S/C12H12ClNO3S.ClH/c13-9-3-5-10(6-4-9)18(15,16)12(8-14)11-2-1-7-17-11;/h1-7,12H,8,14H2;1H. The molecule has 0 amide bonds. The van der Waals surface area contributed by atoms with Gasteiger partial charge in [-0.15, -0.1) is 12.4 Å². The topological polar surface area (TPSA) is 73.3 Å². The Balaban J connectivity index is 0.00000180. The molecular weight excluding hydrogens is 309 g/mol. The van der Waals surface area contributed by atoms with E-state index in [4.69, 9.17) is 21.8 Å². The van der Waals surface area contributed by atoms with Gasteiger partial charge in [-0.3, -0.25) is 0 Å². The zero-order valence-electron chi connectivity index (χ0n) is 9.82. The first kappa shape index (κ1) is 16.0. The summed E-state index contributed by atoms with van der Waals surface area (Å²) in [5, 5.41) is -0.398. The number of furan rings is 1. The largest absolute Gasteiger partial charge is 0.468 e. The molecule has 1 atom stereocenters. The third-order valence-electron chi connectivity index (χ3n) is 2.59. The number of rotatable bonds is 4. The van der Waals surface area contributed by atoms with Gasteiger partial charge < -0.3 is 10.2 Å². The Labute approximate surface area is 122 Å². The van der Waals surface area contributed by atoms with Gasteiger partial charge in [-0.05, 0) is 36.4 Å². The Hall–Kier alpha value is -1.01. The first-order valence-corrected chi connectivity index (χ1v) is 7.21. The molecule has 104 valence electrons. The monoisotopic (exact) mass is 321 g/mol. The second-order valence-electron chi connectivity index (χ2n) is 3.74. The molecule has 0 radical (unpaired) electrons. The van der Waals surface area contributed by atoms with Gasteiger partial charge >= 0.3 is 0 Å². The van der Waals surface area contributed by atoms with Gasteiger partial charge in [0.1, 0.15) is 11.0 Å². The number of nitrogens with two attached hydrogens (primary N) is 1. The molecule has 0 spiro atoms. The quantitative estimate of drug-likeness (QED) is 0.939. The highest BCUT2D eigenvalue weighted by Crippen LogP contribution is 2.28. The molecule has 1 unspecified atom stereocenters. The van der Waals surface area contributed by atoms with Crippen molar-refractivity contribution in [3.63, 3.8) is 0 Å². The lowest BCUT2D eigenvalue weighted by Gasteiger charge is -2.13. The molecule has 2 N–H and O–H groups in total. The molecule has 0 fully saturated rings. The van der Waals surface area contributed by atoms with Crippen molar-refractivity contribution in [1.82, 2.24) is 0 Å². The van der Waals surface area contributed by atoms with Gasteiger partial charge in [0.25, 0.3) is 0 Å². The lowest BCUT2D eigenvalue weighted by atomic mass is 10.3. The number of hydrogen-bond donors (Lipinski definition) is 1. The maximum absolute atomic E-state index is 12.4. The van der Waals surface area contributed by atoms with Gasteiger partial charge in [0, 0.05) is 11.6 Å². The zero-order chi connectivity index (χ0) is 13.2. The summed E-state index contributed by atoms with van der Waals surface area (Å²) >= 11 is 5.74. The van der Waals surface area contributed by atoms with Crippen LogP contribution in [-0.4, -0.2) is 15.0 Å². The molecule has 0 bridgehead atoms. The predicted molar refractivity (Wildman–Crippen MR) is 76.4 cm³/mol. The highest BCUT2D eigenvalue weighted by Gasteiger charge is 2.29. The van der Waals surface area contributed by atoms with Crippen LogP contribution in [0.15, 0.2) is 52.0 Å². The van der Waals surface area contributed by atoms with Gasteiger partial charge in [0.05, 0.1) is 11.2 Å². The summed E-state index contributed by atoms with van der Waals surface area (Å²) in [5.74, 6) is 0.340. The van der Waals surface area contributed by atoms with Crippen LogP contribution in [0.1, 0.15) is 11.0 Å².